The summed E-state index contributed by atoms with van der Waals surface area (Å²) in [7, 11) is 1.89. The number of hydrogen-bond acceptors (Lipinski definition) is 2. The van der Waals surface area contributed by atoms with E-state index in [-0.39, 0.29) is 11.9 Å². The third-order valence-corrected chi connectivity index (χ3v) is 2.91. The van der Waals surface area contributed by atoms with Crippen LogP contribution in [-0.4, -0.2) is 12.0 Å². The van der Waals surface area contributed by atoms with Crippen LogP contribution in [0, 0.1) is 5.82 Å². The maximum Gasteiger partial charge on any atom is 0.123 e. The van der Waals surface area contributed by atoms with Crippen molar-refractivity contribution >= 4 is 0 Å². The van der Waals surface area contributed by atoms with Crippen LogP contribution in [0.15, 0.2) is 42.7 Å². The highest BCUT2D eigenvalue weighted by atomic mass is 19.1. The first-order chi connectivity index (χ1) is 8.22. The van der Waals surface area contributed by atoms with Crippen molar-refractivity contribution in [2.24, 2.45) is 0 Å². The molecule has 3 heteroatoms. The summed E-state index contributed by atoms with van der Waals surface area (Å²) in [5, 5.41) is 3.17. The van der Waals surface area contributed by atoms with E-state index >= 15 is 0 Å². The number of halogens is 1. The molecule has 2 nitrogen and oxygen atoms in total. The molecular weight excluding hydrogens is 215 g/mol. The topological polar surface area (TPSA) is 24.9 Å². The van der Waals surface area contributed by atoms with Crippen molar-refractivity contribution in [1.29, 1.82) is 0 Å². The van der Waals surface area contributed by atoms with Crippen molar-refractivity contribution in [2.45, 2.75) is 13.0 Å². The van der Waals surface area contributed by atoms with Crippen LogP contribution in [-0.2, 0) is 0 Å². The molecule has 0 fully saturated rings. The zero-order valence-electron chi connectivity index (χ0n) is 9.94. The fourth-order valence-electron chi connectivity index (χ4n) is 1.84. The molecule has 17 heavy (non-hydrogen) atoms. The van der Waals surface area contributed by atoms with Gasteiger partial charge in [-0.3, -0.25) is 4.98 Å². The van der Waals surface area contributed by atoms with Gasteiger partial charge in [-0.2, -0.15) is 0 Å². The lowest BCUT2D eigenvalue weighted by Gasteiger charge is -2.16. The summed E-state index contributed by atoms with van der Waals surface area (Å²) < 4.78 is 13.4. The Morgan fingerprint density at radius 3 is 2.53 bits per heavy atom. The third kappa shape index (κ3) is 2.50. The Hall–Kier alpha value is -1.74. The molecular formula is C14H15FN2. The van der Waals surface area contributed by atoms with Gasteiger partial charge in [0.2, 0.25) is 0 Å². The molecule has 0 aliphatic rings. The molecule has 0 aliphatic heterocycles. The molecule has 1 unspecified atom stereocenters. The van der Waals surface area contributed by atoms with Crippen LogP contribution in [0.4, 0.5) is 4.39 Å². The Morgan fingerprint density at radius 1 is 1.18 bits per heavy atom. The normalized spacial score (nSPS) is 12.4. The molecule has 2 rings (SSSR count). The van der Waals surface area contributed by atoms with Gasteiger partial charge in [0, 0.05) is 18.4 Å². The van der Waals surface area contributed by atoms with Crippen LogP contribution < -0.4 is 5.32 Å². The van der Waals surface area contributed by atoms with Crippen LogP contribution in [0.25, 0.3) is 11.1 Å². The highest BCUT2D eigenvalue weighted by Gasteiger charge is 2.11. The number of nitrogens with zero attached hydrogens (tertiary/aromatic N) is 1. The average molecular weight is 230 g/mol. The summed E-state index contributed by atoms with van der Waals surface area (Å²) in [6.45, 7) is 2.05. The number of rotatable bonds is 3. The first-order valence-corrected chi connectivity index (χ1v) is 5.59. The number of benzene rings is 1. The lowest BCUT2D eigenvalue weighted by Crippen LogP contribution is -2.13. The number of aromatic nitrogens is 1. The maximum atomic E-state index is 13.4. The van der Waals surface area contributed by atoms with Crippen LogP contribution in [0.1, 0.15) is 18.5 Å². The Kier molecular flexibility index (Phi) is 3.49. The molecule has 88 valence electrons. The molecule has 1 atom stereocenters. The van der Waals surface area contributed by atoms with E-state index < -0.39 is 0 Å². The van der Waals surface area contributed by atoms with Gasteiger partial charge in [0.1, 0.15) is 5.82 Å². The number of pyridine rings is 1. The second-order valence-corrected chi connectivity index (χ2v) is 3.98. The van der Waals surface area contributed by atoms with Gasteiger partial charge in [-0.05, 0) is 54.9 Å². The predicted molar refractivity (Wildman–Crippen MR) is 67.1 cm³/mol. The zero-order chi connectivity index (χ0) is 12.3. The highest BCUT2D eigenvalue weighted by Crippen LogP contribution is 2.28. The molecule has 1 heterocycles. The molecule has 1 N–H and O–H groups in total. The van der Waals surface area contributed by atoms with Gasteiger partial charge in [0.05, 0.1) is 0 Å². The van der Waals surface area contributed by atoms with Crippen molar-refractivity contribution in [2.75, 3.05) is 7.05 Å². The van der Waals surface area contributed by atoms with Crippen LogP contribution in [0.5, 0.6) is 0 Å². The SMILES string of the molecule is CNC(C)c1ccc(F)cc1-c1ccncc1. The summed E-state index contributed by atoms with van der Waals surface area (Å²) >= 11 is 0. The zero-order valence-corrected chi connectivity index (χ0v) is 9.94. The van der Waals surface area contributed by atoms with Crippen molar-refractivity contribution in [3.05, 3.63) is 54.1 Å². The summed E-state index contributed by atoms with van der Waals surface area (Å²) in [4.78, 5) is 3.98. The van der Waals surface area contributed by atoms with E-state index in [1.807, 2.05) is 25.2 Å². The van der Waals surface area contributed by atoms with E-state index in [0.717, 1.165) is 16.7 Å². The van der Waals surface area contributed by atoms with Gasteiger partial charge in [0.25, 0.3) is 0 Å². The summed E-state index contributed by atoms with van der Waals surface area (Å²) in [6, 6.07) is 8.85. The largest absolute Gasteiger partial charge is 0.313 e. The summed E-state index contributed by atoms with van der Waals surface area (Å²) in [5.74, 6) is -0.219. The molecule has 0 amide bonds. The minimum Gasteiger partial charge on any atom is -0.313 e. The van der Waals surface area contributed by atoms with Crippen molar-refractivity contribution in [3.63, 3.8) is 0 Å². The minimum absolute atomic E-state index is 0.179. The van der Waals surface area contributed by atoms with Crippen LogP contribution in [0.3, 0.4) is 0 Å². The molecule has 0 aliphatic carbocycles. The van der Waals surface area contributed by atoms with Gasteiger partial charge in [-0.25, -0.2) is 4.39 Å². The van der Waals surface area contributed by atoms with E-state index in [2.05, 4.69) is 17.2 Å². The standard InChI is InChI=1S/C14H15FN2/c1-10(16-2)13-4-3-12(15)9-14(13)11-5-7-17-8-6-11/h3-10,16H,1-2H3. The quantitative estimate of drug-likeness (QED) is 0.876. The smallest absolute Gasteiger partial charge is 0.123 e. The Morgan fingerprint density at radius 2 is 1.88 bits per heavy atom. The first kappa shape index (κ1) is 11.7. The second kappa shape index (κ2) is 5.06. The summed E-state index contributed by atoms with van der Waals surface area (Å²) in [6.07, 6.45) is 3.43. The van der Waals surface area contributed by atoms with E-state index in [0.29, 0.717) is 0 Å². The molecule has 1 aromatic heterocycles. The van der Waals surface area contributed by atoms with E-state index in [1.54, 1.807) is 18.5 Å². The van der Waals surface area contributed by atoms with E-state index in [1.165, 1.54) is 6.07 Å². The molecule has 0 radical (unpaired) electrons. The maximum absolute atomic E-state index is 13.4. The van der Waals surface area contributed by atoms with Crippen molar-refractivity contribution in [3.8, 4) is 11.1 Å². The van der Waals surface area contributed by atoms with Crippen LogP contribution >= 0.6 is 0 Å². The number of hydrogen-bond donors (Lipinski definition) is 1. The molecule has 0 spiro atoms. The third-order valence-electron chi connectivity index (χ3n) is 2.91. The molecule has 1 aromatic carbocycles. The van der Waals surface area contributed by atoms with Gasteiger partial charge >= 0.3 is 0 Å². The predicted octanol–water partition coefficient (Wildman–Crippen LogP) is 3.17. The molecule has 2 aromatic rings. The first-order valence-electron chi connectivity index (χ1n) is 5.59. The van der Waals surface area contributed by atoms with E-state index in [4.69, 9.17) is 0 Å². The van der Waals surface area contributed by atoms with Gasteiger partial charge in [-0.1, -0.05) is 6.07 Å². The molecule has 0 saturated heterocycles. The van der Waals surface area contributed by atoms with Gasteiger partial charge in [0.15, 0.2) is 0 Å². The van der Waals surface area contributed by atoms with Crippen molar-refractivity contribution in [1.82, 2.24) is 10.3 Å². The fourth-order valence-corrected chi connectivity index (χ4v) is 1.84. The fraction of sp³-hybridized carbons (Fsp3) is 0.214. The average Bonchev–Trinajstić information content (AvgIpc) is 2.39. The second-order valence-electron chi connectivity index (χ2n) is 3.98. The highest BCUT2D eigenvalue weighted by molar-refractivity contribution is 5.67. The van der Waals surface area contributed by atoms with Gasteiger partial charge in [-0.15, -0.1) is 0 Å². The minimum atomic E-state index is -0.219. The monoisotopic (exact) mass is 230 g/mol. The molecule has 0 bridgehead atoms. The van der Waals surface area contributed by atoms with Gasteiger partial charge < -0.3 is 5.32 Å². The van der Waals surface area contributed by atoms with Crippen molar-refractivity contribution < 1.29 is 4.39 Å². The summed E-state index contributed by atoms with van der Waals surface area (Å²) in [5.41, 5.74) is 2.98. The van der Waals surface area contributed by atoms with Crippen LogP contribution in [0.2, 0.25) is 0 Å². The number of nitrogens with one attached hydrogen (secondary N) is 1. The lowest BCUT2D eigenvalue weighted by molar-refractivity contribution is 0.620. The Balaban J connectivity index is 2.55. The Bertz CT molecular complexity index is 497. The van der Waals surface area contributed by atoms with E-state index in [9.17, 15) is 4.39 Å². The lowest BCUT2D eigenvalue weighted by atomic mass is 9.96. The molecule has 0 saturated carbocycles. The Labute approximate surface area is 101 Å².